The van der Waals surface area contributed by atoms with Crippen molar-refractivity contribution in [1.29, 1.82) is 0 Å². The van der Waals surface area contributed by atoms with E-state index in [1.54, 1.807) is 7.11 Å². The lowest BCUT2D eigenvalue weighted by molar-refractivity contribution is 0.0542. The van der Waals surface area contributed by atoms with E-state index in [4.69, 9.17) is 14.2 Å². The minimum absolute atomic E-state index is 0.571. The second-order valence-corrected chi connectivity index (χ2v) is 5.90. The highest BCUT2D eigenvalue weighted by atomic mass is 127. The summed E-state index contributed by atoms with van der Waals surface area (Å²) in [6.45, 7) is 4.46. The summed E-state index contributed by atoms with van der Waals surface area (Å²) in [6, 6.07) is 4.22. The number of methoxy groups -OCH3 is 1. The summed E-state index contributed by atoms with van der Waals surface area (Å²) in [7, 11) is 1.66. The van der Waals surface area contributed by atoms with Gasteiger partial charge in [0.2, 0.25) is 0 Å². The molecule has 3 nitrogen and oxygen atoms in total. The molecule has 96 valence electrons. The number of benzene rings is 1. The van der Waals surface area contributed by atoms with Gasteiger partial charge in [-0.2, -0.15) is 0 Å². The molecule has 0 N–H and O–H groups in total. The van der Waals surface area contributed by atoms with Crippen LogP contribution in [0, 0.1) is 14.1 Å². The lowest BCUT2D eigenvalue weighted by Gasteiger charge is -2.12. The molecule has 0 radical (unpaired) electrons. The molecule has 0 aromatic heterocycles. The highest BCUT2D eigenvalue weighted by Gasteiger charge is 2.06. The molecule has 0 saturated carbocycles. The van der Waals surface area contributed by atoms with Gasteiger partial charge in [-0.15, -0.1) is 0 Å². The van der Waals surface area contributed by atoms with Crippen LogP contribution in [-0.4, -0.2) is 33.5 Å². The van der Waals surface area contributed by atoms with Crippen molar-refractivity contribution in [3.8, 4) is 5.75 Å². The van der Waals surface area contributed by atoms with Crippen molar-refractivity contribution in [2.24, 2.45) is 0 Å². The Morgan fingerprint density at radius 3 is 2.41 bits per heavy atom. The summed E-state index contributed by atoms with van der Waals surface area (Å²) < 4.78 is 18.3. The van der Waals surface area contributed by atoms with Crippen LogP contribution in [0.4, 0.5) is 0 Å². The van der Waals surface area contributed by atoms with Gasteiger partial charge in [-0.1, -0.05) is 0 Å². The van der Waals surface area contributed by atoms with Crippen LogP contribution in [-0.2, 0) is 9.47 Å². The first kappa shape index (κ1) is 15.5. The van der Waals surface area contributed by atoms with E-state index >= 15 is 0 Å². The van der Waals surface area contributed by atoms with E-state index in [1.807, 2.05) is 0 Å². The Morgan fingerprint density at radius 2 is 1.76 bits per heavy atom. The molecule has 0 heterocycles. The van der Waals surface area contributed by atoms with Crippen molar-refractivity contribution in [1.82, 2.24) is 0 Å². The fraction of sp³-hybridized carbons (Fsp3) is 0.500. The van der Waals surface area contributed by atoms with Crippen LogP contribution in [0.3, 0.4) is 0 Å². The third-order valence-corrected chi connectivity index (χ3v) is 3.52. The summed E-state index contributed by atoms with van der Waals surface area (Å²) in [5.41, 5.74) is 1.16. The minimum atomic E-state index is 0.571. The predicted octanol–water partition coefficient (Wildman–Crippen LogP) is 3.25. The van der Waals surface area contributed by atoms with E-state index in [0.29, 0.717) is 26.4 Å². The van der Waals surface area contributed by atoms with Gasteiger partial charge in [-0.25, -0.2) is 0 Å². The Bertz CT molecular complexity index is 333. The zero-order valence-corrected chi connectivity index (χ0v) is 14.3. The molecule has 1 aromatic rings. The van der Waals surface area contributed by atoms with Crippen LogP contribution in [0.25, 0.3) is 0 Å². The summed E-state index contributed by atoms with van der Waals surface area (Å²) in [6.07, 6.45) is 0. The van der Waals surface area contributed by atoms with Gasteiger partial charge < -0.3 is 14.2 Å². The molecule has 0 unspecified atom stereocenters. The normalized spacial score (nSPS) is 10.6. The van der Waals surface area contributed by atoms with Gasteiger partial charge in [0.15, 0.2) is 0 Å². The second-order valence-electron chi connectivity index (χ2n) is 3.49. The predicted molar refractivity (Wildman–Crippen MR) is 84.8 cm³/mol. The largest absolute Gasteiger partial charge is 0.490 e. The van der Waals surface area contributed by atoms with E-state index < -0.39 is 0 Å². The van der Waals surface area contributed by atoms with Gasteiger partial charge in [0, 0.05) is 10.7 Å². The molecule has 1 rings (SSSR count). The van der Waals surface area contributed by atoms with E-state index in [2.05, 4.69) is 64.2 Å². The van der Waals surface area contributed by atoms with Crippen LogP contribution in [0.2, 0.25) is 0 Å². The van der Waals surface area contributed by atoms with Crippen LogP contribution in [0.5, 0.6) is 5.75 Å². The van der Waals surface area contributed by atoms with Crippen LogP contribution in [0.1, 0.15) is 5.56 Å². The van der Waals surface area contributed by atoms with Crippen LogP contribution in [0.15, 0.2) is 12.1 Å². The monoisotopic (exact) mass is 462 g/mol. The number of hydrogen-bond acceptors (Lipinski definition) is 3. The fourth-order valence-electron chi connectivity index (χ4n) is 1.32. The molecule has 0 aliphatic rings. The summed E-state index contributed by atoms with van der Waals surface area (Å²) in [4.78, 5) is 0. The van der Waals surface area contributed by atoms with Crippen molar-refractivity contribution in [2.45, 2.75) is 6.92 Å². The zero-order valence-electron chi connectivity index (χ0n) is 9.96. The third-order valence-electron chi connectivity index (χ3n) is 2.10. The van der Waals surface area contributed by atoms with Gasteiger partial charge in [-0.3, -0.25) is 0 Å². The number of halogens is 2. The van der Waals surface area contributed by atoms with Crippen molar-refractivity contribution in [3.63, 3.8) is 0 Å². The van der Waals surface area contributed by atoms with Crippen molar-refractivity contribution in [3.05, 3.63) is 24.8 Å². The van der Waals surface area contributed by atoms with Gasteiger partial charge in [-0.05, 0) is 69.8 Å². The topological polar surface area (TPSA) is 27.7 Å². The molecule has 0 aliphatic heterocycles. The molecule has 1 aromatic carbocycles. The quantitative estimate of drug-likeness (QED) is 0.461. The molecule has 0 fully saturated rings. The maximum Gasteiger partial charge on any atom is 0.135 e. The lowest BCUT2D eigenvalue weighted by Crippen LogP contribution is -2.11. The fourth-order valence-corrected chi connectivity index (χ4v) is 3.61. The molecule has 0 aliphatic carbocycles. The Kier molecular flexibility index (Phi) is 7.72. The Hall–Kier alpha value is 0.400. The maximum absolute atomic E-state index is 5.73. The molecule has 0 atom stereocenters. The standard InChI is InChI=1S/C12H16I2O3/c1-9-7-10(13)8-11(14)12(9)17-6-5-16-4-3-15-2/h7-8H,3-6H2,1-2H3. The van der Waals surface area contributed by atoms with Crippen molar-refractivity contribution < 1.29 is 14.2 Å². The van der Waals surface area contributed by atoms with Gasteiger partial charge in [0.05, 0.1) is 23.4 Å². The zero-order chi connectivity index (χ0) is 12.7. The highest BCUT2D eigenvalue weighted by molar-refractivity contribution is 14.1. The smallest absolute Gasteiger partial charge is 0.135 e. The molecule has 17 heavy (non-hydrogen) atoms. The summed E-state index contributed by atoms with van der Waals surface area (Å²) in [5.74, 6) is 0.960. The average molecular weight is 462 g/mol. The summed E-state index contributed by atoms with van der Waals surface area (Å²) >= 11 is 4.60. The molecule has 0 spiro atoms. The number of aryl methyl sites for hydroxylation is 1. The van der Waals surface area contributed by atoms with Gasteiger partial charge in [0.25, 0.3) is 0 Å². The van der Waals surface area contributed by atoms with Gasteiger partial charge >= 0.3 is 0 Å². The Balaban J connectivity index is 2.36. The maximum atomic E-state index is 5.73. The third kappa shape index (κ3) is 5.71. The summed E-state index contributed by atoms with van der Waals surface area (Å²) in [5, 5.41) is 0. The van der Waals surface area contributed by atoms with E-state index in [9.17, 15) is 0 Å². The van der Waals surface area contributed by atoms with E-state index in [-0.39, 0.29) is 0 Å². The van der Waals surface area contributed by atoms with Crippen LogP contribution >= 0.6 is 45.2 Å². The first-order valence-electron chi connectivity index (χ1n) is 5.30. The highest BCUT2D eigenvalue weighted by Crippen LogP contribution is 2.27. The van der Waals surface area contributed by atoms with Crippen molar-refractivity contribution in [2.75, 3.05) is 33.5 Å². The molecule has 0 amide bonds. The molecular weight excluding hydrogens is 446 g/mol. The number of ether oxygens (including phenoxy) is 3. The van der Waals surface area contributed by atoms with Crippen molar-refractivity contribution >= 4 is 45.2 Å². The molecule has 5 heteroatoms. The van der Waals surface area contributed by atoms with E-state index in [0.717, 1.165) is 14.9 Å². The Labute approximate surface area is 129 Å². The SMILES string of the molecule is COCCOCCOc1c(C)cc(I)cc1I. The first-order valence-corrected chi connectivity index (χ1v) is 7.46. The molecule has 0 saturated heterocycles. The lowest BCUT2D eigenvalue weighted by atomic mass is 10.2. The number of rotatable bonds is 7. The van der Waals surface area contributed by atoms with E-state index in [1.165, 1.54) is 3.57 Å². The first-order chi connectivity index (χ1) is 8.15. The van der Waals surface area contributed by atoms with Crippen LogP contribution < -0.4 is 4.74 Å². The van der Waals surface area contributed by atoms with Gasteiger partial charge in [0.1, 0.15) is 12.4 Å². The molecular formula is C12H16I2O3. The number of hydrogen-bond donors (Lipinski definition) is 0. The minimum Gasteiger partial charge on any atom is -0.490 e. The average Bonchev–Trinajstić information content (AvgIpc) is 2.26. The Morgan fingerprint density at radius 1 is 1.06 bits per heavy atom. The molecule has 0 bridgehead atoms. The second kappa shape index (κ2) is 8.49.